The standard InChI is InChI=1S/C26H32N6O2S2/c1-25(2,3)36(34)31-23-19-7-5-4-6-18(19)14-26(23)9-12-32(13-10-26)24-20(16-33)30-22(15-28-24)35-21-8-11-27-17-29-21/h4-8,11,15,17,23,31,33H,9-10,12-14,16H2,1-3H3/t23-,36?/m1/s1. The minimum atomic E-state index is -1.16. The maximum absolute atomic E-state index is 13.1. The SMILES string of the molecule is CC(C)(C)S(=O)N[C@@H]1c2ccccc2CC12CCN(c1ncc(Sc3ccncn3)nc1CO)CC2. The Hall–Kier alpha value is -2.40. The van der Waals surface area contributed by atoms with Crippen LogP contribution in [0.2, 0.25) is 0 Å². The number of aromatic nitrogens is 4. The van der Waals surface area contributed by atoms with E-state index >= 15 is 0 Å². The van der Waals surface area contributed by atoms with Crippen LogP contribution < -0.4 is 9.62 Å². The first kappa shape index (κ1) is 25.3. The van der Waals surface area contributed by atoms with Crippen molar-refractivity contribution in [2.45, 2.75) is 67.5 Å². The first-order valence-electron chi connectivity index (χ1n) is 12.2. The van der Waals surface area contributed by atoms with Crippen molar-refractivity contribution in [2.24, 2.45) is 5.41 Å². The second kappa shape index (κ2) is 10.2. The van der Waals surface area contributed by atoms with Crippen molar-refractivity contribution in [3.8, 4) is 0 Å². The summed E-state index contributed by atoms with van der Waals surface area (Å²) in [5, 5.41) is 11.5. The van der Waals surface area contributed by atoms with E-state index in [0.29, 0.717) is 10.7 Å². The fourth-order valence-corrected chi connectivity index (χ4v) is 6.81. The summed E-state index contributed by atoms with van der Waals surface area (Å²) < 4.78 is 16.3. The summed E-state index contributed by atoms with van der Waals surface area (Å²) in [6, 6.07) is 10.4. The van der Waals surface area contributed by atoms with Gasteiger partial charge in [0.05, 0.1) is 34.6 Å². The molecule has 1 aliphatic carbocycles. The van der Waals surface area contributed by atoms with Crippen LogP contribution in [0.5, 0.6) is 0 Å². The van der Waals surface area contributed by atoms with E-state index in [1.165, 1.54) is 29.2 Å². The molecule has 1 fully saturated rings. The fourth-order valence-electron chi connectivity index (χ4n) is 5.16. The van der Waals surface area contributed by atoms with E-state index in [1.807, 2.05) is 26.8 Å². The summed E-state index contributed by atoms with van der Waals surface area (Å²) in [7, 11) is -1.16. The minimum Gasteiger partial charge on any atom is -0.390 e. The molecule has 1 aliphatic heterocycles. The molecule has 0 saturated carbocycles. The normalized spacial score (nSPS) is 19.9. The first-order chi connectivity index (χ1) is 17.3. The van der Waals surface area contributed by atoms with Gasteiger partial charge in [-0.3, -0.25) is 0 Å². The zero-order chi connectivity index (χ0) is 25.3. The number of aliphatic hydroxyl groups is 1. The topological polar surface area (TPSA) is 104 Å². The largest absolute Gasteiger partial charge is 0.390 e. The van der Waals surface area contributed by atoms with Crippen LogP contribution in [0.4, 0.5) is 5.82 Å². The van der Waals surface area contributed by atoms with Crippen LogP contribution in [0.1, 0.15) is 56.5 Å². The molecule has 2 aliphatic rings. The fraction of sp³-hybridized carbons (Fsp3) is 0.462. The number of rotatable bonds is 6. The highest BCUT2D eigenvalue weighted by Gasteiger charge is 2.49. The van der Waals surface area contributed by atoms with Gasteiger partial charge in [0, 0.05) is 19.3 Å². The molecular formula is C26H32N6O2S2. The molecule has 0 radical (unpaired) electrons. The molecule has 36 heavy (non-hydrogen) atoms. The van der Waals surface area contributed by atoms with Crippen molar-refractivity contribution in [3.05, 3.63) is 65.9 Å². The molecule has 1 aromatic carbocycles. The number of fused-ring (bicyclic) bond motifs is 1. The molecule has 0 amide bonds. The number of hydrogen-bond donors (Lipinski definition) is 2. The summed E-state index contributed by atoms with van der Waals surface area (Å²) in [6.07, 6.45) is 7.78. The smallest absolute Gasteiger partial charge is 0.152 e. The summed E-state index contributed by atoms with van der Waals surface area (Å²) in [4.78, 5) is 19.8. The average Bonchev–Trinajstić information content (AvgIpc) is 3.17. The number of hydrogen-bond acceptors (Lipinski definition) is 8. The highest BCUT2D eigenvalue weighted by molar-refractivity contribution is 7.99. The Morgan fingerprint density at radius 2 is 1.94 bits per heavy atom. The summed E-state index contributed by atoms with van der Waals surface area (Å²) >= 11 is 1.40. The lowest BCUT2D eigenvalue weighted by Crippen LogP contribution is -2.48. The Morgan fingerprint density at radius 3 is 2.64 bits per heavy atom. The zero-order valence-electron chi connectivity index (χ0n) is 20.8. The predicted molar refractivity (Wildman–Crippen MR) is 142 cm³/mol. The molecule has 2 N–H and O–H groups in total. The van der Waals surface area contributed by atoms with Gasteiger partial charge in [0.2, 0.25) is 0 Å². The maximum Gasteiger partial charge on any atom is 0.152 e. The lowest BCUT2D eigenvalue weighted by atomic mass is 9.73. The van der Waals surface area contributed by atoms with Gasteiger partial charge in [0.25, 0.3) is 0 Å². The lowest BCUT2D eigenvalue weighted by molar-refractivity contribution is 0.177. The molecule has 1 unspecified atom stereocenters. The van der Waals surface area contributed by atoms with Crippen LogP contribution in [0.15, 0.2) is 59.1 Å². The van der Waals surface area contributed by atoms with Crippen LogP contribution in [-0.2, 0) is 24.0 Å². The number of nitrogens with one attached hydrogen (secondary N) is 1. The number of aliphatic hydroxyl groups excluding tert-OH is 1. The highest BCUT2D eigenvalue weighted by atomic mass is 32.2. The van der Waals surface area contributed by atoms with Gasteiger partial charge < -0.3 is 10.0 Å². The molecule has 3 heterocycles. The third-order valence-electron chi connectivity index (χ3n) is 7.08. The molecule has 1 spiro atoms. The molecule has 5 rings (SSSR count). The van der Waals surface area contributed by atoms with Gasteiger partial charge in [0.15, 0.2) is 5.82 Å². The van der Waals surface area contributed by atoms with Gasteiger partial charge in [-0.15, -0.1) is 0 Å². The Labute approximate surface area is 219 Å². The van der Waals surface area contributed by atoms with Gasteiger partial charge in [-0.2, -0.15) is 0 Å². The zero-order valence-corrected chi connectivity index (χ0v) is 22.5. The van der Waals surface area contributed by atoms with Gasteiger partial charge in [0.1, 0.15) is 22.1 Å². The number of anilines is 1. The van der Waals surface area contributed by atoms with Gasteiger partial charge in [-0.1, -0.05) is 24.3 Å². The monoisotopic (exact) mass is 524 g/mol. The Bertz CT molecular complexity index is 1240. The first-order valence-corrected chi connectivity index (χ1v) is 14.2. The average molecular weight is 525 g/mol. The molecule has 0 bridgehead atoms. The van der Waals surface area contributed by atoms with Crippen LogP contribution in [0.3, 0.4) is 0 Å². The van der Waals surface area contributed by atoms with Crippen molar-refractivity contribution in [1.29, 1.82) is 0 Å². The number of piperidine rings is 1. The molecule has 2 aromatic heterocycles. The Kier molecular flexibility index (Phi) is 7.13. The van der Waals surface area contributed by atoms with Crippen LogP contribution >= 0.6 is 11.8 Å². The summed E-state index contributed by atoms with van der Waals surface area (Å²) in [6.45, 7) is 7.45. The van der Waals surface area contributed by atoms with E-state index in [-0.39, 0.29) is 22.8 Å². The van der Waals surface area contributed by atoms with E-state index in [9.17, 15) is 9.32 Å². The third-order valence-corrected chi connectivity index (χ3v) is 9.49. The molecule has 2 atom stereocenters. The van der Waals surface area contributed by atoms with Crippen LogP contribution in [0, 0.1) is 5.41 Å². The summed E-state index contributed by atoms with van der Waals surface area (Å²) in [5.41, 5.74) is 3.18. The number of nitrogens with zero attached hydrogens (tertiary/aromatic N) is 5. The van der Waals surface area contributed by atoms with Crippen molar-refractivity contribution in [1.82, 2.24) is 24.7 Å². The Morgan fingerprint density at radius 1 is 1.17 bits per heavy atom. The van der Waals surface area contributed by atoms with Crippen LogP contribution in [-0.4, -0.2) is 47.1 Å². The van der Waals surface area contributed by atoms with E-state index in [4.69, 9.17) is 4.98 Å². The van der Waals surface area contributed by atoms with E-state index in [2.05, 4.69) is 48.8 Å². The molecule has 8 nitrogen and oxygen atoms in total. The van der Waals surface area contributed by atoms with Crippen molar-refractivity contribution >= 4 is 28.6 Å². The second-order valence-electron chi connectivity index (χ2n) is 10.4. The molecule has 1 saturated heterocycles. The van der Waals surface area contributed by atoms with Gasteiger partial charge in [-0.25, -0.2) is 28.9 Å². The number of benzene rings is 1. The van der Waals surface area contributed by atoms with Crippen molar-refractivity contribution in [2.75, 3.05) is 18.0 Å². The van der Waals surface area contributed by atoms with Gasteiger partial charge >= 0.3 is 0 Å². The lowest BCUT2D eigenvalue weighted by Gasteiger charge is -2.44. The minimum absolute atomic E-state index is 0.00326. The van der Waals surface area contributed by atoms with Crippen molar-refractivity contribution in [3.63, 3.8) is 0 Å². The quantitative estimate of drug-likeness (QED) is 0.469. The maximum atomic E-state index is 13.1. The molecular weight excluding hydrogens is 492 g/mol. The van der Waals surface area contributed by atoms with Gasteiger partial charge in [-0.05, 0) is 74.4 Å². The predicted octanol–water partition coefficient (Wildman–Crippen LogP) is 3.85. The molecule has 10 heteroatoms. The third kappa shape index (κ3) is 5.04. The highest BCUT2D eigenvalue weighted by Crippen LogP contribution is 2.52. The molecule has 190 valence electrons. The van der Waals surface area contributed by atoms with Crippen molar-refractivity contribution < 1.29 is 9.32 Å². The van der Waals surface area contributed by atoms with E-state index in [0.717, 1.165) is 43.2 Å². The Balaban J connectivity index is 1.35. The molecule has 3 aromatic rings. The second-order valence-corrected chi connectivity index (χ2v) is 13.5. The van der Waals surface area contributed by atoms with Crippen LogP contribution in [0.25, 0.3) is 0 Å². The van der Waals surface area contributed by atoms with E-state index in [1.54, 1.807) is 12.4 Å². The van der Waals surface area contributed by atoms with E-state index < -0.39 is 11.0 Å². The summed E-state index contributed by atoms with van der Waals surface area (Å²) in [5.74, 6) is 0.734.